The zero-order chi connectivity index (χ0) is 17.8. The number of sulfonamides is 1. The molecule has 0 saturated heterocycles. The molecule has 0 fully saturated rings. The second-order valence-corrected chi connectivity index (χ2v) is 7.03. The Hall–Kier alpha value is -1.77. The summed E-state index contributed by atoms with van der Waals surface area (Å²) in [5.41, 5.74) is 0.576. The molecule has 0 spiro atoms. The first-order valence-electron chi connectivity index (χ1n) is 6.69. The molecule has 0 aliphatic rings. The Balaban J connectivity index is 1.95. The summed E-state index contributed by atoms with van der Waals surface area (Å²) in [6.45, 7) is -1.39. The van der Waals surface area contributed by atoms with Gasteiger partial charge in [0.25, 0.3) is 0 Å². The molecule has 0 heterocycles. The molecule has 0 aliphatic carbocycles. The summed E-state index contributed by atoms with van der Waals surface area (Å²) in [4.78, 5) is 0.0667. The van der Waals surface area contributed by atoms with Crippen LogP contribution in [0.2, 0.25) is 5.02 Å². The van der Waals surface area contributed by atoms with E-state index in [9.17, 15) is 21.6 Å². The molecule has 2 rings (SSSR count). The Morgan fingerprint density at radius 2 is 1.58 bits per heavy atom. The largest absolute Gasteiger partial charge is 0.484 e. The Bertz CT molecular complexity index is 775. The van der Waals surface area contributed by atoms with Crippen molar-refractivity contribution >= 4 is 21.6 Å². The third kappa shape index (κ3) is 5.70. The first-order valence-corrected chi connectivity index (χ1v) is 8.55. The molecule has 24 heavy (non-hydrogen) atoms. The van der Waals surface area contributed by atoms with Gasteiger partial charge >= 0.3 is 6.18 Å². The predicted octanol–water partition coefficient (Wildman–Crippen LogP) is 3.76. The molecule has 2 aromatic rings. The topological polar surface area (TPSA) is 55.4 Å². The quantitative estimate of drug-likeness (QED) is 0.831. The SMILES string of the molecule is O=S(=O)(NCc1ccc(OCC(F)(F)F)cc1)c1ccc(Cl)cc1. The van der Waals surface area contributed by atoms with E-state index in [4.69, 9.17) is 11.6 Å². The predicted molar refractivity (Wildman–Crippen MR) is 83.5 cm³/mol. The minimum absolute atomic E-state index is 0.00941. The lowest BCUT2D eigenvalue weighted by atomic mass is 10.2. The van der Waals surface area contributed by atoms with E-state index in [0.29, 0.717) is 10.6 Å². The van der Waals surface area contributed by atoms with Gasteiger partial charge in [-0.1, -0.05) is 23.7 Å². The number of benzene rings is 2. The fourth-order valence-corrected chi connectivity index (χ4v) is 2.89. The third-order valence-electron chi connectivity index (χ3n) is 2.92. The lowest BCUT2D eigenvalue weighted by molar-refractivity contribution is -0.153. The summed E-state index contributed by atoms with van der Waals surface area (Å²) in [5.74, 6) is 0.0524. The maximum Gasteiger partial charge on any atom is 0.422 e. The molecular weight excluding hydrogens is 367 g/mol. The van der Waals surface area contributed by atoms with Crippen LogP contribution in [0.5, 0.6) is 5.75 Å². The van der Waals surface area contributed by atoms with Crippen molar-refractivity contribution in [2.24, 2.45) is 0 Å². The summed E-state index contributed by atoms with van der Waals surface area (Å²) in [6.07, 6.45) is -4.41. The molecule has 0 bridgehead atoms. The summed E-state index contributed by atoms with van der Waals surface area (Å²) >= 11 is 5.71. The molecule has 0 atom stereocenters. The van der Waals surface area contributed by atoms with Crippen LogP contribution in [0.1, 0.15) is 5.56 Å². The highest BCUT2D eigenvalue weighted by Gasteiger charge is 2.28. The van der Waals surface area contributed by atoms with Gasteiger partial charge in [-0.3, -0.25) is 0 Å². The zero-order valence-corrected chi connectivity index (χ0v) is 13.8. The van der Waals surface area contributed by atoms with Crippen LogP contribution in [0.15, 0.2) is 53.4 Å². The summed E-state index contributed by atoms with van der Waals surface area (Å²) in [6, 6.07) is 11.3. The standard InChI is InChI=1S/C15H13ClF3NO3S/c16-12-3-7-14(8-4-12)24(21,22)20-9-11-1-5-13(6-2-11)23-10-15(17,18)19/h1-8,20H,9-10H2. The maximum absolute atomic E-state index is 12.1. The van der Waals surface area contributed by atoms with Crippen LogP contribution >= 0.6 is 11.6 Å². The molecule has 4 nitrogen and oxygen atoms in total. The highest BCUT2D eigenvalue weighted by Crippen LogP contribution is 2.19. The molecule has 9 heteroatoms. The Labute approximate surface area is 142 Å². The average Bonchev–Trinajstić information content (AvgIpc) is 2.52. The molecule has 0 aromatic heterocycles. The Morgan fingerprint density at radius 3 is 2.12 bits per heavy atom. The van der Waals surface area contributed by atoms with Gasteiger partial charge in [0, 0.05) is 11.6 Å². The number of alkyl halides is 3. The number of halogens is 4. The second kappa shape index (κ2) is 7.42. The molecule has 130 valence electrons. The molecule has 0 unspecified atom stereocenters. The van der Waals surface area contributed by atoms with E-state index < -0.39 is 22.8 Å². The number of hydrogen-bond donors (Lipinski definition) is 1. The molecule has 0 amide bonds. The van der Waals surface area contributed by atoms with E-state index in [2.05, 4.69) is 9.46 Å². The van der Waals surface area contributed by atoms with E-state index in [-0.39, 0.29) is 17.2 Å². The first-order chi connectivity index (χ1) is 11.2. The number of rotatable bonds is 6. The number of ether oxygens (including phenoxy) is 1. The van der Waals surface area contributed by atoms with Gasteiger partial charge in [0.2, 0.25) is 10.0 Å². The van der Waals surface area contributed by atoms with Gasteiger partial charge in [-0.05, 0) is 42.0 Å². The van der Waals surface area contributed by atoms with Gasteiger partial charge in [0.15, 0.2) is 6.61 Å². The highest BCUT2D eigenvalue weighted by molar-refractivity contribution is 7.89. The number of nitrogens with one attached hydrogen (secondary N) is 1. The molecule has 0 radical (unpaired) electrons. The van der Waals surface area contributed by atoms with Gasteiger partial charge in [0.05, 0.1) is 4.90 Å². The van der Waals surface area contributed by atoms with Crippen LogP contribution in [0.25, 0.3) is 0 Å². The summed E-state index contributed by atoms with van der Waals surface area (Å²) in [7, 11) is -3.70. The van der Waals surface area contributed by atoms with E-state index >= 15 is 0 Å². The zero-order valence-electron chi connectivity index (χ0n) is 12.2. The van der Waals surface area contributed by atoms with E-state index in [1.165, 1.54) is 48.5 Å². The minimum Gasteiger partial charge on any atom is -0.484 e. The molecule has 2 aromatic carbocycles. The van der Waals surface area contributed by atoms with Crippen molar-refractivity contribution in [3.8, 4) is 5.75 Å². The molecule has 0 saturated carbocycles. The van der Waals surface area contributed by atoms with Crippen molar-refractivity contribution in [3.05, 3.63) is 59.1 Å². The van der Waals surface area contributed by atoms with Crippen LogP contribution in [0.3, 0.4) is 0 Å². The molecule has 0 aliphatic heterocycles. The number of hydrogen-bond acceptors (Lipinski definition) is 3. The van der Waals surface area contributed by atoms with Gasteiger partial charge in [0.1, 0.15) is 5.75 Å². The summed E-state index contributed by atoms with van der Waals surface area (Å²) < 4.78 is 67.3. The average molecular weight is 380 g/mol. The van der Waals surface area contributed by atoms with Crippen molar-refractivity contribution in [1.29, 1.82) is 0 Å². The van der Waals surface area contributed by atoms with Crippen LogP contribution in [-0.2, 0) is 16.6 Å². The third-order valence-corrected chi connectivity index (χ3v) is 4.59. The lowest BCUT2D eigenvalue weighted by Crippen LogP contribution is -2.23. The summed E-state index contributed by atoms with van der Waals surface area (Å²) in [5, 5.41) is 0.420. The monoisotopic (exact) mass is 379 g/mol. The second-order valence-electron chi connectivity index (χ2n) is 4.83. The van der Waals surface area contributed by atoms with E-state index in [1.807, 2.05) is 0 Å². The highest BCUT2D eigenvalue weighted by atomic mass is 35.5. The van der Waals surface area contributed by atoms with Gasteiger partial charge in [-0.15, -0.1) is 0 Å². The van der Waals surface area contributed by atoms with Crippen molar-refractivity contribution in [1.82, 2.24) is 4.72 Å². The van der Waals surface area contributed by atoms with Crippen molar-refractivity contribution in [3.63, 3.8) is 0 Å². The first kappa shape index (κ1) is 18.6. The van der Waals surface area contributed by atoms with Crippen LogP contribution in [0.4, 0.5) is 13.2 Å². The normalized spacial score (nSPS) is 12.2. The van der Waals surface area contributed by atoms with Gasteiger partial charge < -0.3 is 4.74 Å². The van der Waals surface area contributed by atoms with Crippen LogP contribution < -0.4 is 9.46 Å². The fourth-order valence-electron chi connectivity index (χ4n) is 1.74. The smallest absolute Gasteiger partial charge is 0.422 e. The molecular formula is C15H13ClF3NO3S. The van der Waals surface area contributed by atoms with Crippen LogP contribution in [-0.4, -0.2) is 21.2 Å². The van der Waals surface area contributed by atoms with Crippen molar-refractivity contribution in [2.45, 2.75) is 17.6 Å². The van der Waals surface area contributed by atoms with E-state index in [0.717, 1.165) is 0 Å². The van der Waals surface area contributed by atoms with Crippen molar-refractivity contribution in [2.75, 3.05) is 6.61 Å². The van der Waals surface area contributed by atoms with Gasteiger partial charge in [-0.2, -0.15) is 13.2 Å². The van der Waals surface area contributed by atoms with Gasteiger partial charge in [-0.25, -0.2) is 13.1 Å². The Kier molecular flexibility index (Phi) is 5.74. The van der Waals surface area contributed by atoms with Crippen LogP contribution in [0, 0.1) is 0 Å². The molecule has 1 N–H and O–H groups in total. The lowest BCUT2D eigenvalue weighted by Gasteiger charge is -2.10. The minimum atomic E-state index is -4.41. The fraction of sp³-hybridized carbons (Fsp3) is 0.200. The Morgan fingerprint density at radius 1 is 1.00 bits per heavy atom. The van der Waals surface area contributed by atoms with E-state index in [1.54, 1.807) is 0 Å². The van der Waals surface area contributed by atoms with Crippen molar-refractivity contribution < 1.29 is 26.3 Å². The maximum atomic E-state index is 12.1.